The fraction of sp³-hybridized carbons (Fsp3) is 0.389. The Labute approximate surface area is 155 Å². The van der Waals surface area contributed by atoms with Crippen molar-refractivity contribution in [3.05, 3.63) is 45.1 Å². The Morgan fingerprint density at radius 1 is 1.11 bits per heavy atom. The van der Waals surface area contributed by atoms with Gasteiger partial charge in [-0.15, -0.1) is 10.2 Å². The Balaban J connectivity index is 1.79. The number of ether oxygens (including phenoxy) is 1. The molecule has 0 saturated carbocycles. The molecule has 0 aliphatic carbocycles. The normalized spacial score (nSPS) is 11.3. The number of hydrogen-bond acceptors (Lipinski definition) is 7. The molecule has 2 aromatic heterocycles. The highest BCUT2D eigenvalue weighted by atomic mass is 16.5. The van der Waals surface area contributed by atoms with Crippen LogP contribution < -0.4 is 16.0 Å². The largest absolute Gasteiger partial charge is 0.492 e. The van der Waals surface area contributed by atoms with E-state index in [1.807, 2.05) is 24.3 Å². The number of nitrogens with one attached hydrogen (secondary N) is 1. The number of aromatic amines is 1. The van der Waals surface area contributed by atoms with Crippen LogP contribution >= 0.6 is 0 Å². The van der Waals surface area contributed by atoms with Gasteiger partial charge in [-0.3, -0.25) is 14.3 Å². The molecule has 1 N–H and O–H groups in total. The quantitative estimate of drug-likeness (QED) is 0.656. The number of rotatable bonds is 7. The van der Waals surface area contributed by atoms with Crippen LogP contribution in [0.3, 0.4) is 0 Å². The topological polar surface area (TPSA) is 106 Å². The maximum atomic E-state index is 12.0. The molecule has 1 aromatic carbocycles. The van der Waals surface area contributed by atoms with Crippen LogP contribution in [0.4, 0.5) is 0 Å². The Kier molecular flexibility index (Phi) is 5.60. The number of H-pyrrole nitrogens is 1. The third-order valence-electron chi connectivity index (χ3n) is 4.41. The monoisotopic (exact) mass is 370 g/mol. The molecule has 9 nitrogen and oxygen atoms in total. The highest BCUT2D eigenvalue weighted by Crippen LogP contribution is 2.19. The summed E-state index contributed by atoms with van der Waals surface area (Å²) in [6, 6.07) is 7.28. The van der Waals surface area contributed by atoms with Gasteiger partial charge in [-0.1, -0.05) is 13.8 Å². The van der Waals surface area contributed by atoms with Gasteiger partial charge < -0.3 is 9.64 Å². The average Bonchev–Trinajstić information content (AvgIpc) is 2.70. The van der Waals surface area contributed by atoms with Gasteiger partial charge in [0.05, 0.1) is 0 Å². The van der Waals surface area contributed by atoms with Gasteiger partial charge in [0.2, 0.25) is 0 Å². The zero-order valence-electron chi connectivity index (χ0n) is 15.6. The number of fused-ring (bicyclic) bond motifs is 1. The summed E-state index contributed by atoms with van der Waals surface area (Å²) in [5.41, 5.74) is -0.220. The molecule has 0 aliphatic heterocycles. The predicted octanol–water partition coefficient (Wildman–Crippen LogP) is 0.799. The van der Waals surface area contributed by atoms with Crippen molar-refractivity contribution < 1.29 is 4.74 Å². The summed E-state index contributed by atoms with van der Waals surface area (Å²) >= 11 is 0. The van der Waals surface area contributed by atoms with Gasteiger partial charge in [0.1, 0.15) is 12.4 Å². The van der Waals surface area contributed by atoms with Crippen molar-refractivity contribution in [2.45, 2.75) is 13.8 Å². The van der Waals surface area contributed by atoms with E-state index in [1.54, 1.807) is 0 Å². The molecule has 27 heavy (non-hydrogen) atoms. The van der Waals surface area contributed by atoms with E-state index in [0.717, 1.165) is 25.4 Å². The third-order valence-corrected chi connectivity index (χ3v) is 4.41. The van der Waals surface area contributed by atoms with Crippen LogP contribution in [0.5, 0.6) is 5.75 Å². The molecule has 9 heteroatoms. The highest BCUT2D eigenvalue weighted by Gasteiger charge is 2.11. The van der Waals surface area contributed by atoms with Crippen LogP contribution in [-0.4, -0.2) is 55.9 Å². The molecule has 0 amide bonds. The number of aryl methyl sites for hydroxylation is 1. The third kappa shape index (κ3) is 4.03. The van der Waals surface area contributed by atoms with Gasteiger partial charge in [-0.25, -0.2) is 9.78 Å². The van der Waals surface area contributed by atoms with Gasteiger partial charge in [0.25, 0.3) is 5.56 Å². The molecule has 142 valence electrons. The van der Waals surface area contributed by atoms with E-state index in [-0.39, 0.29) is 11.2 Å². The van der Waals surface area contributed by atoms with Crippen molar-refractivity contribution in [1.29, 1.82) is 0 Å². The van der Waals surface area contributed by atoms with Gasteiger partial charge in [-0.2, -0.15) is 0 Å². The highest BCUT2D eigenvalue weighted by molar-refractivity contribution is 5.70. The van der Waals surface area contributed by atoms with Crippen molar-refractivity contribution in [3.63, 3.8) is 0 Å². The molecule has 0 spiro atoms. The van der Waals surface area contributed by atoms with E-state index in [1.165, 1.54) is 11.6 Å². The molecule has 0 unspecified atom stereocenters. The molecule has 0 atom stereocenters. The average molecular weight is 370 g/mol. The van der Waals surface area contributed by atoms with Crippen LogP contribution in [0, 0.1) is 0 Å². The Bertz CT molecular complexity index is 1040. The van der Waals surface area contributed by atoms with Gasteiger partial charge in [-0.05, 0) is 37.4 Å². The first-order chi connectivity index (χ1) is 13.0. The zero-order chi connectivity index (χ0) is 19.4. The van der Waals surface area contributed by atoms with E-state index in [4.69, 9.17) is 4.74 Å². The molecular weight excluding hydrogens is 348 g/mol. The fourth-order valence-electron chi connectivity index (χ4n) is 2.69. The number of aromatic nitrogens is 5. The van der Waals surface area contributed by atoms with Crippen LogP contribution in [-0.2, 0) is 7.05 Å². The van der Waals surface area contributed by atoms with Crippen molar-refractivity contribution in [1.82, 2.24) is 29.6 Å². The lowest BCUT2D eigenvalue weighted by molar-refractivity contribution is 0.223. The van der Waals surface area contributed by atoms with Gasteiger partial charge in [0.15, 0.2) is 17.0 Å². The Morgan fingerprint density at radius 2 is 1.81 bits per heavy atom. The zero-order valence-corrected chi connectivity index (χ0v) is 15.6. The summed E-state index contributed by atoms with van der Waals surface area (Å²) < 4.78 is 6.96. The lowest BCUT2D eigenvalue weighted by Gasteiger charge is -2.18. The van der Waals surface area contributed by atoms with E-state index in [9.17, 15) is 9.59 Å². The molecule has 3 rings (SSSR count). The molecule has 0 saturated heterocycles. The van der Waals surface area contributed by atoms with E-state index >= 15 is 0 Å². The number of hydrogen-bond donors (Lipinski definition) is 1. The summed E-state index contributed by atoms with van der Waals surface area (Å²) in [7, 11) is 1.50. The molecule has 0 fully saturated rings. The van der Waals surface area contributed by atoms with Crippen LogP contribution in [0.25, 0.3) is 22.6 Å². The summed E-state index contributed by atoms with van der Waals surface area (Å²) in [5.74, 6) is 1.06. The van der Waals surface area contributed by atoms with Gasteiger partial charge in [0, 0.05) is 19.2 Å². The molecule has 0 bridgehead atoms. The van der Waals surface area contributed by atoms with Crippen molar-refractivity contribution in [2.75, 3.05) is 26.2 Å². The van der Waals surface area contributed by atoms with Crippen LogP contribution in [0.2, 0.25) is 0 Å². The first-order valence-electron chi connectivity index (χ1n) is 8.82. The summed E-state index contributed by atoms with van der Waals surface area (Å²) in [5, 5.41) is 8.02. The number of nitrogens with zero attached hydrogens (tertiary/aromatic N) is 5. The predicted molar refractivity (Wildman–Crippen MR) is 102 cm³/mol. The Hall–Kier alpha value is -3.07. The van der Waals surface area contributed by atoms with E-state index < -0.39 is 11.2 Å². The molecule has 0 aliphatic rings. The molecule has 2 heterocycles. The minimum atomic E-state index is -0.583. The second-order valence-corrected chi connectivity index (χ2v) is 6.03. The fourth-order valence-corrected chi connectivity index (χ4v) is 2.69. The second kappa shape index (κ2) is 8.09. The maximum Gasteiger partial charge on any atom is 0.329 e. The van der Waals surface area contributed by atoms with Crippen molar-refractivity contribution >= 4 is 11.2 Å². The second-order valence-electron chi connectivity index (χ2n) is 6.03. The Morgan fingerprint density at radius 3 is 2.48 bits per heavy atom. The minimum Gasteiger partial charge on any atom is -0.492 e. The maximum absolute atomic E-state index is 12.0. The summed E-state index contributed by atoms with van der Waals surface area (Å²) in [6.45, 7) is 7.72. The van der Waals surface area contributed by atoms with E-state index in [2.05, 4.69) is 38.9 Å². The van der Waals surface area contributed by atoms with Crippen molar-refractivity contribution in [2.24, 2.45) is 7.05 Å². The molecule has 0 radical (unpaired) electrons. The SMILES string of the molecule is CCN(CC)CCOc1ccc(-c2nnc3c(n2)c(=O)[nH]c(=O)n3C)cc1. The summed E-state index contributed by atoms with van der Waals surface area (Å²) in [4.78, 5) is 32.4. The smallest absolute Gasteiger partial charge is 0.329 e. The van der Waals surface area contributed by atoms with Crippen LogP contribution in [0.1, 0.15) is 13.8 Å². The lowest BCUT2D eigenvalue weighted by Crippen LogP contribution is -2.29. The lowest BCUT2D eigenvalue weighted by atomic mass is 10.2. The molecular formula is C18H22N6O3. The first-order valence-corrected chi connectivity index (χ1v) is 8.82. The first kappa shape index (κ1) is 18.7. The molecule has 3 aromatic rings. The van der Waals surface area contributed by atoms with E-state index in [0.29, 0.717) is 18.0 Å². The number of likely N-dealkylation sites (N-methyl/N-ethyl adjacent to an activating group) is 1. The standard InChI is InChI=1S/C18H22N6O3/c1-4-24(5-2)10-11-27-13-8-6-12(7-9-13)15-19-14-16(22-21-15)23(3)18(26)20-17(14)25/h6-9H,4-5,10-11H2,1-3H3,(H,20,25,26). The number of benzene rings is 1. The summed E-state index contributed by atoms with van der Waals surface area (Å²) in [6.07, 6.45) is 0. The van der Waals surface area contributed by atoms with Gasteiger partial charge >= 0.3 is 5.69 Å². The van der Waals surface area contributed by atoms with Crippen LogP contribution in [0.15, 0.2) is 33.9 Å². The minimum absolute atomic E-state index is 0.0710. The van der Waals surface area contributed by atoms with Crippen molar-refractivity contribution in [3.8, 4) is 17.1 Å².